The van der Waals surface area contributed by atoms with Crippen LogP contribution in [-0.2, 0) is 0 Å². The summed E-state index contributed by atoms with van der Waals surface area (Å²) in [6.07, 6.45) is 0. The summed E-state index contributed by atoms with van der Waals surface area (Å²) in [4.78, 5) is 4.63. The molecule has 2 heterocycles. The van der Waals surface area contributed by atoms with Crippen molar-refractivity contribution >= 4 is 99.5 Å². The van der Waals surface area contributed by atoms with Gasteiger partial charge < -0.3 is 18.6 Å². The standard InChI is InChI=1S/C54H40N2O2/c1-33-5-15-41(16-6-33)55(42-17-7-34(2)8-18-42)45-23-13-37-29-48-47-25-26-50-53(54(47)58-51(48)31-39(37)27-45)49-30-38-14-24-46(28-40(38)32-52(49)57-50)56(43-19-9-35(3)10-20-43)44-21-11-36(4)12-22-44/h5-32H,1-4H3. The molecule has 4 nitrogen and oxygen atoms in total. The summed E-state index contributed by atoms with van der Waals surface area (Å²) >= 11 is 0. The van der Waals surface area contributed by atoms with Gasteiger partial charge >= 0.3 is 0 Å². The van der Waals surface area contributed by atoms with Crippen molar-refractivity contribution in [2.75, 3.05) is 9.80 Å². The Labute approximate surface area is 336 Å². The van der Waals surface area contributed by atoms with E-state index in [-0.39, 0.29) is 0 Å². The van der Waals surface area contributed by atoms with Crippen LogP contribution in [0.5, 0.6) is 0 Å². The Morgan fingerprint density at radius 3 is 1.14 bits per heavy atom. The van der Waals surface area contributed by atoms with Gasteiger partial charge in [0.15, 0.2) is 0 Å². The molecule has 9 aromatic carbocycles. The highest BCUT2D eigenvalue weighted by atomic mass is 16.3. The zero-order valence-corrected chi connectivity index (χ0v) is 32.9. The van der Waals surface area contributed by atoms with Gasteiger partial charge in [0.05, 0.1) is 5.39 Å². The fraction of sp³-hybridized carbons (Fsp3) is 0.0741. The lowest BCUT2D eigenvalue weighted by atomic mass is 10.0. The molecule has 0 atom stereocenters. The van der Waals surface area contributed by atoms with Gasteiger partial charge in [-0.1, -0.05) is 82.9 Å². The molecule has 0 unspecified atom stereocenters. The van der Waals surface area contributed by atoms with Crippen LogP contribution in [0.4, 0.5) is 34.1 Å². The van der Waals surface area contributed by atoms with Crippen LogP contribution < -0.4 is 9.80 Å². The van der Waals surface area contributed by atoms with Crippen LogP contribution in [-0.4, -0.2) is 0 Å². The number of aryl methyl sites for hydroxylation is 4. The fourth-order valence-electron chi connectivity index (χ4n) is 8.50. The van der Waals surface area contributed by atoms with Crippen molar-refractivity contribution in [1.82, 2.24) is 0 Å². The lowest BCUT2D eigenvalue weighted by Gasteiger charge is -2.26. The predicted molar refractivity (Wildman–Crippen MR) is 244 cm³/mol. The third-order valence-corrected chi connectivity index (χ3v) is 11.6. The maximum Gasteiger partial charge on any atom is 0.147 e. The molecule has 0 aliphatic heterocycles. The van der Waals surface area contributed by atoms with Crippen LogP contribution in [0.3, 0.4) is 0 Å². The average Bonchev–Trinajstić information content (AvgIpc) is 3.79. The minimum absolute atomic E-state index is 0.816. The van der Waals surface area contributed by atoms with E-state index in [0.717, 1.165) is 99.5 Å². The maximum absolute atomic E-state index is 6.83. The Hall–Kier alpha value is -7.30. The van der Waals surface area contributed by atoms with Gasteiger partial charge in [-0.05, 0) is 158 Å². The first-order valence-electron chi connectivity index (χ1n) is 19.9. The maximum atomic E-state index is 6.83. The van der Waals surface area contributed by atoms with Gasteiger partial charge in [0.2, 0.25) is 0 Å². The first-order chi connectivity index (χ1) is 28.3. The van der Waals surface area contributed by atoms with Crippen molar-refractivity contribution in [3.05, 3.63) is 192 Å². The van der Waals surface area contributed by atoms with Crippen molar-refractivity contribution in [3.63, 3.8) is 0 Å². The third-order valence-electron chi connectivity index (χ3n) is 11.6. The van der Waals surface area contributed by atoms with Gasteiger partial charge in [-0.15, -0.1) is 0 Å². The molecule has 0 fully saturated rings. The number of hydrogen-bond donors (Lipinski definition) is 0. The molecule has 0 bridgehead atoms. The number of fused-ring (bicyclic) bond motifs is 9. The number of nitrogens with zero attached hydrogens (tertiary/aromatic N) is 2. The fourth-order valence-corrected chi connectivity index (χ4v) is 8.50. The summed E-state index contributed by atoms with van der Waals surface area (Å²) in [6.45, 7) is 8.50. The molecule has 11 aromatic rings. The first-order valence-corrected chi connectivity index (χ1v) is 19.9. The molecule has 0 amide bonds. The van der Waals surface area contributed by atoms with Crippen LogP contribution >= 0.6 is 0 Å². The highest BCUT2D eigenvalue weighted by Crippen LogP contribution is 2.44. The smallest absolute Gasteiger partial charge is 0.147 e. The molecular weight excluding hydrogens is 709 g/mol. The van der Waals surface area contributed by atoms with E-state index < -0.39 is 0 Å². The summed E-state index contributed by atoms with van der Waals surface area (Å²) in [7, 11) is 0. The Morgan fingerprint density at radius 1 is 0.293 bits per heavy atom. The van der Waals surface area contributed by atoms with Crippen molar-refractivity contribution < 1.29 is 8.83 Å². The second-order valence-corrected chi connectivity index (χ2v) is 15.8. The van der Waals surface area contributed by atoms with E-state index >= 15 is 0 Å². The number of hydrogen-bond acceptors (Lipinski definition) is 4. The van der Waals surface area contributed by atoms with Crippen molar-refractivity contribution in [1.29, 1.82) is 0 Å². The summed E-state index contributed by atoms with van der Waals surface area (Å²) in [5.41, 5.74) is 15.0. The minimum atomic E-state index is 0.816. The second kappa shape index (κ2) is 13.1. The quantitative estimate of drug-likeness (QED) is 0.170. The van der Waals surface area contributed by atoms with E-state index in [1.165, 1.54) is 22.3 Å². The molecule has 0 aliphatic carbocycles. The molecule has 0 aliphatic rings. The zero-order chi connectivity index (χ0) is 39.1. The summed E-state index contributed by atoms with van der Waals surface area (Å²) in [6, 6.07) is 61.4. The predicted octanol–water partition coefficient (Wildman–Crippen LogP) is 16.0. The van der Waals surface area contributed by atoms with Gasteiger partial charge in [0.1, 0.15) is 22.3 Å². The Morgan fingerprint density at radius 2 is 0.690 bits per heavy atom. The van der Waals surface area contributed by atoms with E-state index in [4.69, 9.17) is 8.83 Å². The monoisotopic (exact) mass is 748 g/mol. The van der Waals surface area contributed by atoms with Crippen molar-refractivity contribution in [3.8, 4) is 0 Å². The van der Waals surface area contributed by atoms with Gasteiger partial charge in [-0.2, -0.15) is 0 Å². The summed E-state index contributed by atoms with van der Waals surface area (Å²) in [5, 5.41) is 8.77. The van der Waals surface area contributed by atoms with Crippen molar-refractivity contribution in [2.24, 2.45) is 0 Å². The number of rotatable bonds is 6. The third kappa shape index (κ3) is 5.68. The lowest BCUT2D eigenvalue weighted by molar-refractivity contribution is 0.663. The average molecular weight is 749 g/mol. The lowest BCUT2D eigenvalue weighted by Crippen LogP contribution is -2.09. The molecule has 0 saturated carbocycles. The zero-order valence-electron chi connectivity index (χ0n) is 32.9. The first kappa shape index (κ1) is 34.0. The largest absolute Gasteiger partial charge is 0.456 e. The Bertz CT molecular complexity index is 3260. The molecule has 58 heavy (non-hydrogen) atoms. The van der Waals surface area contributed by atoms with Gasteiger partial charge in [0, 0.05) is 50.3 Å². The van der Waals surface area contributed by atoms with E-state index in [9.17, 15) is 0 Å². The minimum Gasteiger partial charge on any atom is -0.456 e. The Kier molecular flexibility index (Phi) is 7.70. The van der Waals surface area contributed by atoms with Crippen LogP contribution in [0.25, 0.3) is 65.4 Å². The number of furan rings is 2. The van der Waals surface area contributed by atoms with E-state index in [0.29, 0.717) is 0 Å². The van der Waals surface area contributed by atoms with Gasteiger partial charge in [-0.25, -0.2) is 0 Å². The summed E-state index contributed by atoms with van der Waals surface area (Å²) < 4.78 is 13.4. The van der Waals surface area contributed by atoms with Crippen LogP contribution in [0.15, 0.2) is 179 Å². The SMILES string of the molecule is Cc1ccc(N(c2ccc(C)cc2)c2ccc3cc4c(cc3c2)oc2c4ccc3oc4cc5cc(N(c6ccc(C)cc6)c6ccc(C)cc6)ccc5cc4c32)cc1. The highest BCUT2D eigenvalue weighted by molar-refractivity contribution is 6.24. The van der Waals surface area contributed by atoms with Gasteiger partial charge in [0.25, 0.3) is 0 Å². The molecule has 4 heteroatoms. The normalized spacial score (nSPS) is 11.8. The molecule has 278 valence electrons. The number of anilines is 6. The molecule has 0 radical (unpaired) electrons. The second-order valence-electron chi connectivity index (χ2n) is 15.8. The molecular formula is C54H40N2O2. The molecule has 0 N–H and O–H groups in total. The van der Waals surface area contributed by atoms with Crippen LogP contribution in [0.1, 0.15) is 22.3 Å². The molecule has 11 rings (SSSR count). The van der Waals surface area contributed by atoms with Gasteiger partial charge in [-0.3, -0.25) is 0 Å². The highest BCUT2D eigenvalue weighted by Gasteiger charge is 2.20. The number of benzene rings is 9. The summed E-state index contributed by atoms with van der Waals surface area (Å²) in [5.74, 6) is 0. The van der Waals surface area contributed by atoms with E-state index in [2.05, 4.69) is 207 Å². The van der Waals surface area contributed by atoms with Crippen molar-refractivity contribution in [2.45, 2.75) is 27.7 Å². The molecule has 0 spiro atoms. The topological polar surface area (TPSA) is 32.8 Å². The van der Waals surface area contributed by atoms with Crippen LogP contribution in [0, 0.1) is 27.7 Å². The van der Waals surface area contributed by atoms with Crippen LogP contribution in [0.2, 0.25) is 0 Å². The molecule has 2 aromatic heterocycles. The van der Waals surface area contributed by atoms with E-state index in [1.54, 1.807) is 0 Å². The Balaban J connectivity index is 1.03. The molecule has 0 saturated heterocycles. The van der Waals surface area contributed by atoms with E-state index in [1.807, 2.05) is 0 Å².